The lowest BCUT2D eigenvalue weighted by molar-refractivity contribution is -0.126. The highest BCUT2D eigenvalue weighted by molar-refractivity contribution is 7.91. The van der Waals surface area contributed by atoms with Crippen LogP contribution in [0.2, 0.25) is 0 Å². The van der Waals surface area contributed by atoms with Crippen molar-refractivity contribution in [1.29, 1.82) is 0 Å². The molecule has 1 aliphatic heterocycles. The first kappa shape index (κ1) is 22.0. The number of hydrogen-bond donors (Lipinski definition) is 1. The van der Waals surface area contributed by atoms with E-state index in [1.807, 2.05) is 6.92 Å². The highest BCUT2D eigenvalue weighted by atomic mass is 32.2. The number of nitrogens with zero attached hydrogens (tertiary/aromatic N) is 1. The summed E-state index contributed by atoms with van der Waals surface area (Å²) in [6.07, 6.45) is 1.40. The number of thiophene rings is 1. The maximum Gasteiger partial charge on any atom is 0.252 e. The van der Waals surface area contributed by atoms with Crippen molar-refractivity contribution in [1.82, 2.24) is 9.62 Å². The third-order valence-corrected chi connectivity index (χ3v) is 8.72. The van der Waals surface area contributed by atoms with Gasteiger partial charge in [0.25, 0.3) is 10.0 Å². The summed E-state index contributed by atoms with van der Waals surface area (Å²) < 4.78 is 27.3. The van der Waals surface area contributed by atoms with Gasteiger partial charge in [0.05, 0.1) is 12.0 Å². The number of hydrogen-bond acceptors (Lipinski definition) is 4. The zero-order valence-electron chi connectivity index (χ0n) is 17.5. The topological polar surface area (TPSA) is 66.5 Å². The third-order valence-electron chi connectivity index (χ3n) is 5.48. The molecule has 1 aromatic heterocycles. The molecule has 0 saturated carbocycles. The van der Waals surface area contributed by atoms with E-state index in [0.717, 1.165) is 5.56 Å². The van der Waals surface area contributed by atoms with Gasteiger partial charge in [0, 0.05) is 13.1 Å². The van der Waals surface area contributed by atoms with E-state index < -0.39 is 10.0 Å². The zero-order chi connectivity index (χ0) is 21.2. The average molecular weight is 435 g/mol. The Morgan fingerprint density at radius 3 is 2.48 bits per heavy atom. The standard InChI is InChI=1S/C22H30N2O3S2/c1-16(17-9-11-19(12-10-17)22(2,3)4)23-21(25)18-7-5-13-24(15-18)29(26,27)20-8-6-14-28-20/h6,8-12,14,16,18H,5,7,13,15H2,1-4H3,(H,23,25)/t16-,18+/m0/s1. The van der Waals surface area contributed by atoms with E-state index in [4.69, 9.17) is 0 Å². The van der Waals surface area contributed by atoms with Gasteiger partial charge >= 0.3 is 0 Å². The second-order valence-electron chi connectivity index (χ2n) is 8.74. The van der Waals surface area contributed by atoms with E-state index in [9.17, 15) is 13.2 Å². The normalized spacial score (nSPS) is 19.7. The van der Waals surface area contributed by atoms with Crippen LogP contribution in [0, 0.1) is 5.92 Å². The molecular weight excluding hydrogens is 404 g/mol. The number of carbonyl (C=O) groups excluding carboxylic acids is 1. The summed E-state index contributed by atoms with van der Waals surface area (Å²) in [6, 6.07) is 11.5. The lowest BCUT2D eigenvalue weighted by atomic mass is 9.86. The molecule has 2 heterocycles. The minimum Gasteiger partial charge on any atom is -0.349 e. The minimum absolute atomic E-state index is 0.0801. The number of nitrogens with one attached hydrogen (secondary N) is 1. The molecular formula is C22H30N2O3S2. The fourth-order valence-corrected chi connectivity index (χ4v) is 6.27. The Morgan fingerprint density at radius 1 is 1.21 bits per heavy atom. The second kappa shape index (κ2) is 8.58. The molecule has 0 spiro atoms. The van der Waals surface area contributed by atoms with E-state index in [1.54, 1.807) is 17.5 Å². The van der Waals surface area contributed by atoms with Crippen molar-refractivity contribution < 1.29 is 13.2 Å². The maximum atomic E-state index is 12.8. The van der Waals surface area contributed by atoms with Gasteiger partial charge in [0.2, 0.25) is 5.91 Å². The van der Waals surface area contributed by atoms with E-state index in [1.165, 1.54) is 21.2 Å². The number of carbonyl (C=O) groups is 1. The summed E-state index contributed by atoms with van der Waals surface area (Å²) >= 11 is 1.21. The van der Waals surface area contributed by atoms with Crippen molar-refractivity contribution in [3.05, 3.63) is 52.9 Å². The Labute approximate surface area is 178 Å². The molecule has 29 heavy (non-hydrogen) atoms. The van der Waals surface area contributed by atoms with Gasteiger partial charge in [-0.1, -0.05) is 51.1 Å². The Hall–Kier alpha value is -1.70. The van der Waals surface area contributed by atoms with Gasteiger partial charge in [-0.2, -0.15) is 4.31 Å². The molecule has 3 rings (SSSR count). The molecule has 7 heteroatoms. The van der Waals surface area contributed by atoms with E-state index >= 15 is 0 Å². The van der Waals surface area contributed by atoms with Crippen molar-refractivity contribution in [3.8, 4) is 0 Å². The van der Waals surface area contributed by atoms with Crippen LogP contribution in [-0.4, -0.2) is 31.7 Å². The summed E-state index contributed by atoms with van der Waals surface area (Å²) in [5, 5.41) is 4.83. The van der Waals surface area contributed by atoms with Gasteiger partial charge < -0.3 is 5.32 Å². The Kier molecular flexibility index (Phi) is 6.51. The van der Waals surface area contributed by atoms with E-state index in [0.29, 0.717) is 23.6 Å². The van der Waals surface area contributed by atoms with Crippen molar-refractivity contribution in [2.24, 2.45) is 5.92 Å². The van der Waals surface area contributed by atoms with Crippen LogP contribution < -0.4 is 5.32 Å². The van der Waals surface area contributed by atoms with Gasteiger partial charge in [-0.15, -0.1) is 11.3 Å². The lowest BCUT2D eigenvalue weighted by Gasteiger charge is -2.31. The zero-order valence-corrected chi connectivity index (χ0v) is 19.1. The number of amides is 1. The fourth-order valence-electron chi connectivity index (χ4n) is 3.60. The second-order valence-corrected chi connectivity index (χ2v) is 11.8. The molecule has 0 unspecified atom stereocenters. The molecule has 0 bridgehead atoms. The van der Waals surface area contributed by atoms with Crippen LogP contribution in [0.15, 0.2) is 46.0 Å². The van der Waals surface area contributed by atoms with Gasteiger partial charge in [-0.05, 0) is 47.8 Å². The van der Waals surface area contributed by atoms with Gasteiger partial charge in [-0.25, -0.2) is 8.42 Å². The SMILES string of the molecule is C[C@H](NC(=O)[C@@H]1CCCN(S(=O)(=O)c2cccs2)C1)c1ccc(C(C)(C)C)cc1. The molecule has 2 aromatic rings. The number of rotatable bonds is 5. The van der Waals surface area contributed by atoms with Crippen molar-refractivity contribution >= 4 is 27.3 Å². The first-order valence-corrected chi connectivity index (χ1v) is 12.4. The molecule has 5 nitrogen and oxygen atoms in total. The van der Waals surface area contributed by atoms with Crippen LogP contribution >= 0.6 is 11.3 Å². The van der Waals surface area contributed by atoms with Crippen LogP contribution in [0.25, 0.3) is 0 Å². The van der Waals surface area contributed by atoms with E-state index in [-0.39, 0.29) is 29.8 Å². The van der Waals surface area contributed by atoms with Gasteiger partial charge in [-0.3, -0.25) is 4.79 Å². The summed E-state index contributed by atoms with van der Waals surface area (Å²) in [7, 11) is -3.51. The first-order valence-electron chi connectivity index (χ1n) is 10.0. The number of benzene rings is 1. The predicted molar refractivity (Wildman–Crippen MR) is 118 cm³/mol. The number of piperidine rings is 1. The fraction of sp³-hybridized carbons (Fsp3) is 0.500. The molecule has 158 valence electrons. The molecule has 1 aliphatic rings. The molecule has 1 fully saturated rings. The van der Waals surface area contributed by atoms with Gasteiger partial charge in [0.15, 0.2) is 0 Å². The monoisotopic (exact) mass is 434 g/mol. The highest BCUT2D eigenvalue weighted by Crippen LogP contribution is 2.27. The molecule has 2 atom stereocenters. The van der Waals surface area contributed by atoms with Crippen molar-refractivity contribution in [2.75, 3.05) is 13.1 Å². The Bertz CT molecular complexity index is 929. The average Bonchev–Trinajstić information content (AvgIpc) is 3.23. The van der Waals surface area contributed by atoms with Gasteiger partial charge in [0.1, 0.15) is 4.21 Å². The lowest BCUT2D eigenvalue weighted by Crippen LogP contribution is -2.45. The molecule has 1 saturated heterocycles. The van der Waals surface area contributed by atoms with Crippen LogP contribution in [0.5, 0.6) is 0 Å². The summed E-state index contributed by atoms with van der Waals surface area (Å²) in [6.45, 7) is 9.19. The summed E-state index contributed by atoms with van der Waals surface area (Å²) in [4.78, 5) is 12.8. The summed E-state index contributed by atoms with van der Waals surface area (Å²) in [5.41, 5.74) is 2.39. The Morgan fingerprint density at radius 2 is 1.90 bits per heavy atom. The predicted octanol–water partition coefficient (Wildman–Crippen LogP) is 4.32. The third kappa shape index (κ3) is 5.08. The van der Waals surface area contributed by atoms with Crippen LogP contribution in [0.3, 0.4) is 0 Å². The quantitative estimate of drug-likeness (QED) is 0.762. The molecule has 1 N–H and O–H groups in total. The van der Waals surface area contributed by atoms with Crippen LogP contribution in [-0.2, 0) is 20.2 Å². The molecule has 0 radical (unpaired) electrons. The molecule has 1 aromatic carbocycles. The van der Waals surface area contributed by atoms with Crippen molar-refractivity contribution in [3.63, 3.8) is 0 Å². The summed E-state index contributed by atoms with van der Waals surface area (Å²) in [5.74, 6) is -0.404. The first-order chi connectivity index (χ1) is 13.6. The number of sulfonamides is 1. The smallest absolute Gasteiger partial charge is 0.252 e. The van der Waals surface area contributed by atoms with Crippen molar-refractivity contribution in [2.45, 2.75) is 56.2 Å². The highest BCUT2D eigenvalue weighted by Gasteiger charge is 2.34. The molecule has 0 aliphatic carbocycles. The maximum absolute atomic E-state index is 12.8. The largest absolute Gasteiger partial charge is 0.349 e. The van der Waals surface area contributed by atoms with E-state index in [2.05, 4.69) is 50.4 Å². The van der Waals surface area contributed by atoms with Crippen LogP contribution in [0.1, 0.15) is 57.7 Å². The van der Waals surface area contributed by atoms with Crippen LogP contribution in [0.4, 0.5) is 0 Å². The molecule has 1 amide bonds. The minimum atomic E-state index is -3.51. The Balaban J connectivity index is 1.64.